The van der Waals surface area contributed by atoms with Gasteiger partial charge in [-0.1, -0.05) is 30.3 Å². The summed E-state index contributed by atoms with van der Waals surface area (Å²) in [4.78, 5) is 14.9. The molecule has 0 spiro atoms. The number of carbonyl (C=O) groups is 1. The van der Waals surface area contributed by atoms with E-state index in [1.54, 1.807) is 41.7 Å². The largest absolute Gasteiger partial charge is 0.454 e. The van der Waals surface area contributed by atoms with E-state index < -0.39 is 0 Å². The minimum atomic E-state index is -0.178. The van der Waals surface area contributed by atoms with Gasteiger partial charge >= 0.3 is 0 Å². The molecule has 0 radical (unpaired) electrons. The van der Waals surface area contributed by atoms with Crippen LogP contribution in [-0.2, 0) is 0 Å². The van der Waals surface area contributed by atoms with Crippen LogP contribution in [0.4, 0.5) is 0 Å². The molecule has 0 fully saturated rings. The second-order valence-corrected chi connectivity index (χ2v) is 8.43. The molecule has 1 aromatic carbocycles. The van der Waals surface area contributed by atoms with Crippen LogP contribution in [-0.4, -0.2) is 5.78 Å². The lowest BCUT2D eigenvalue weighted by Crippen LogP contribution is -1.95. The third-order valence-electron chi connectivity index (χ3n) is 4.71. The topological polar surface area (TPSA) is 77.8 Å². The Morgan fingerprint density at radius 3 is 2.52 bits per heavy atom. The molecule has 4 aromatic rings. The number of thiophene rings is 2. The van der Waals surface area contributed by atoms with Gasteiger partial charge in [-0.25, -0.2) is 0 Å². The highest BCUT2D eigenvalue weighted by atomic mass is 32.1. The summed E-state index contributed by atoms with van der Waals surface area (Å²) in [5.41, 5.74) is 2.60. The number of allylic oxidation sites excluding steroid dienone is 3. The van der Waals surface area contributed by atoms with Crippen LogP contribution in [0.15, 0.2) is 69.5 Å². The molecule has 6 heteroatoms. The van der Waals surface area contributed by atoms with Crippen LogP contribution in [0.5, 0.6) is 0 Å². The maximum Gasteiger partial charge on any atom is 0.194 e. The molecule has 29 heavy (non-hydrogen) atoms. The van der Waals surface area contributed by atoms with Crippen LogP contribution in [0.1, 0.15) is 20.8 Å². The second-order valence-electron chi connectivity index (χ2n) is 6.37. The first-order valence-corrected chi connectivity index (χ1v) is 10.4. The van der Waals surface area contributed by atoms with E-state index in [1.807, 2.05) is 41.8 Å². The van der Waals surface area contributed by atoms with Gasteiger partial charge in [0.15, 0.2) is 5.78 Å². The molecule has 5 rings (SSSR count). The maximum absolute atomic E-state index is 13.0. The molecule has 0 aliphatic heterocycles. The Morgan fingerprint density at radius 1 is 1.03 bits per heavy atom. The van der Waals surface area contributed by atoms with Gasteiger partial charge < -0.3 is 4.42 Å². The summed E-state index contributed by atoms with van der Waals surface area (Å²) in [6.07, 6.45) is 1.75. The highest BCUT2D eigenvalue weighted by molar-refractivity contribution is 7.20. The first-order valence-electron chi connectivity index (χ1n) is 8.67. The van der Waals surface area contributed by atoms with Crippen LogP contribution >= 0.6 is 22.7 Å². The number of furan rings is 1. The van der Waals surface area contributed by atoms with E-state index in [0.29, 0.717) is 22.3 Å². The maximum atomic E-state index is 13.0. The van der Waals surface area contributed by atoms with Crippen molar-refractivity contribution in [3.63, 3.8) is 0 Å². The highest BCUT2D eigenvalue weighted by Gasteiger charge is 2.32. The molecule has 0 saturated heterocycles. The number of Topliss-reactive ketones (excluding diaryl/α,β-unsaturated/α-hetero) is 1. The molecule has 136 valence electrons. The van der Waals surface area contributed by atoms with E-state index in [0.717, 1.165) is 25.8 Å². The average Bonchev–Trinajstić information content (AvgIpc) is 3.49. The summed E-state index contributed by atoms with van der Waals surface area (Å²) in [5.74, 6) is 0.643. The predicted octanol–water partition coefficient (Wildman–Crippen LogP) is 6.30. The van der Waals surface area contributed by atoms with E-state index in [4.69, 9.17) is 4.42 Å². The number of nitriles is 2. The summed E-state index contributed by atoms with van der Waals surface area (Å²) in [5, 5.41) is 20.8. The number of hydrogen-bond donors (Lipinski definition) is 0. The van der Waals surface area contributed by atoms with Crippen molar-refractivity contribution in [2.45, 2.75) is 0 Å². The molecule has 1 aliphatic rings. The van der Waals surface area contributed by atoms with Crippen molar-refractivity contribution in [3.8, 4) is 22.8 Å². The van der Waals surface area contributed by atoms with E-state index in [9.17, 15) is 15.3 Å². The first kappa shape index (κ1) is 17.4. The zero-order valence-corrected chi connectivity index (χ0v) is 16.4. The molecule has 0 N–H and O–H groups in total. The Hall–Kier alpha value is -3.71. The minimum Gasteiger partial charge on any atom is -0.454 e. The third-order valence-corrected chi connectivity index (χ3v) is 6.60. The Labute approximate surface area is 173 Å². The SMILES string of the molecule is N#CC(C#N)=C1/C(=C/c2cc3oc(-c4cccs4)cc3s2)C(=O)c2ccccc21. The smallest absolute Gasteiger partial charge is 0.194 e. The van der Waals surface area contributed by atoms with Crippen molar-refractivity contribution < 1.29 is 9.21 Å². The lowest BCUT2D eigenvalue weighted by molar-refractivity contribution is 0.104. The highest BCUT2D eigenvalue weighted by Crippen LogP contribution is 2.41. The van der Waals surface area contributed by atoms with Crippen molar-refractivity contribution in [1.82, 2.24) is 0 Å². The molecule has 0 unspecified atom stereocenters. The molecule has 0 atom stereocenters. The average molecular weight is 410 g/mol. The van der Waals surface area contributed by atoms with Gasteiger partial charge in [-0.2, -0.15) is 10.5 Å². The molecule has 0 amide bonds. The lowest BCUT2D eigenvalue weighted by atomic mass is 9.99. The van der Waals surface area contributed by atoms with Crippen molar-refractivity contribution in [2.24, 2.45) is 0 Å². The van der Waals surface area contributed by atoms with Crippen molar-refractivity contribution in [2.75, 3.05) is 0 Å². The van der Waals surface area contributed by atoms with E-state index >= 15 is 0 Å². The van der Waals surface area contributed by atoms with E-state index in [1.165, 1.54) is 11.3 Å². The van der Waals surface area contributed by atoms with E-state index in [2.05, 4.69) is 0 Å². The van der Waals surface area contributed by atoms with Gasteiger partial charge in [0.25, 0.3) is 0 Å². The number of hydrogen-bond acceptors (Lipinski definition) is 6. The van der Waals surface area contributed by atoms with Gasteiger partial charge in [-0.15, -0.1) is 22.7 Å². The molecule has 0 saturated carbocycles. The number of benzene rings is 1. The first-order chi connectivity index (χ1) is 14.2. The van der Waals surface area contributed by atoms with Crippen LogP contribution < -0.4 is 0 Å². The summed E-state index contributed by atoms with van der Waals surface area (Å²) < 4.78 is 6.93. The molecule has 1 aliphatic carbocycles. The molecule has 4 nitrogen and oxygen atoms in total. The molecule has 3 aromatic heterocycles. The fraction of sp³-hybridized carbons (Fsp3) is 0. The number of fused-ring (bicyclic) bond motifs is 2. The van der Waals surface area contributed by atoms with Crippen LogP contribution in [0.2, 0.25) is 0 Å². The Bertz CT molecular complexity index is 1390. The number of carbonyl (C=O) groups excluding carboxylic acids is 1. The number of ketones is 1. The second kappa shape index (κ2) is 6.72. The minimum absolute atomic E-state index is 0.0604. The summed E-state index contributed by atoms with van der Waals surface area (Å²) in [6.45, 7) is 0. The molecule has 3 heterocycles. The zero-order chi connectivity index (χ0) is 20.0. The fourth-order valence-electron chi connectivity index (χ4n) is 3.45. The van der Waals surface area contributed by atoms with Crippen molar-refractivity contribution in [3.05, 3.63) is 81.1 Å². The zero-order valence-electron chi connectivity index (χ0n) is 14.8. The quantitative estimate of drug-likeness (QED) is 0.287. The Morgan fingerprint density at radius 2 is 1.83 bits per heavy atom. The number of rotatable bonds is 2. The Balaban J connectivity index is 1.63. The standard InChI is InChI=1S/C23H10N2O2S2/c24-11-13(12-25)22-15-4-1-2-5-16(15)23(26)17(22)8-14-9-18-21(29-14)10-19(27-18)20-6-3-7-28-20/h1-10H/b17-8-. The molecular formula is C23H10N2O2S2. The number of nitrogens with zero attached hydrogens (tertiary/aromatic N) is 2. The van der Waals surface area contributed by atoms with Crippen molar-refractivity contribution in [1.29, 1.82) is 10.5 Å². The van der Waals surface area contributed by atoms with Crippen LogP contribution in [0.25, 0.3) is 32.6 Å². The molecule has 0 bridgehead atoms. The van der Waals surface area contributed by atoms with Crippen LogP contribution in [0.3, 0.4) is 0 Å². The third kappa shape index (κ3) is 2.75. The van der Waals surface area contributed by atoms with Crippen LogP contribution in [0, 0.1) is 22.7 Å². The monoisotopic (exact) mass is 410 g/mol. The van der Waals surface area contributed by atoms with Gasteiger partial charge in [0.1, 0.15) is 29.1 Å². The summed E-state index contributed by atoms with van der Waals surface area (Å²) >= 11 is 3.12. The normalized spacial score (nSPS) is 14.2. The molecular weight excluding hydrogens is 400 g/mol. The van der Waals surface area contributed by atoms with Gasteiger partial charge in [0.2, 0.25) is 0 Å². The van der Waals surface area contributed by atoms with Gasteiger partial charge in [0, 0.05) is 27.7 Å². The summed E-state index contributed by atoms with van der Waals surface area (Å²) in [7, 11) is 0. The lowest BCUT2D eigenvalue weighted by Gasteiger charge is -2.01. The summed E-state index contributed by atoms with van der Waals surface area (Å²) in [6, 6.07) is 18.8. The van der Waals surface area contributed by atoms with Crippen molar-refractivity contribution >= 4 is 50.4 Å². The van der Waals surface area contributed by atoms with Gasteiger partial charge in [-0.3, -0.25) is 4.79 Å². The fourth-order valence-corrected chi connectivity index (χ4v) is 5.10. The van der Waals surface area contributed by atoms with Gasteiger partial charge in [0.05, 0.1) is 9.58 Å². The Kier molecular flexibility index (Phi) is 4.03. The van der Waals surface area contributed by atoms with Gasteiger partial charge in [-0.05, 0) is 29.2 Å². The predicted molar refractivity (Wildman–Crippen MR) is 114 cm³/mol. The van der Waals surface area contributed by atoms with E-state index in [-0.39, 0.29) is 11.4 Å².